The maximum Gasteiger partial charge on any atom is 0.0705 e. The van der Waals surface area contributed by atoms with Crippen molar-refractivity contribution in [3.05, 3.63) is 82.6 Å². The zero-order valence-corrected chi connectivity index (χ0v) is 17.2. The number of hydrogen-bond acceptors (Lipinski definition) is 3. The summed E-state index contributed by atoms with van der Waals surface area (Å²) in [6, 6.07) is 18.2. The fraction of sp³-hybridized carbons (Fsp3) is 0.400. The summed E-state index contributed by atoms with van der Waals surface area (Å²) in [5, 5.41) is 20.0. The van der Waals surface area contributed by atoms with E-state index in [2.05, 4.69) is 38.1 Å². The summed E-state index contributed by atoms with van der Waals surface area (Å²) in [6.45, 7) is 6.12. The third kappa shape index (κ3) is 4.36. The Morgan fingerprint density at radius 1 is 1.11 bits per heavy atom. The van der Waals surface area contributed by atoms with Crippen molar-refractivity contribution in [2.75, 3.05) is 0 Å². The Balaban J connectivity index is 1.82. The molecule has 2 aromatic carbocycles. The number of aryl methyl sites for hydroxylation is 2. The van der Waals surface area contributed by atoms with Gasteiger partial charge < -0.3 is 10.8 Å². The van der Waals surface area contributed by atoms with Crippen molar-refractivity contribution in [3.63, 3.8) is 0 Å². The fourth-order valence-electron chi connectivity index (χ4n) is 4.31. The van der Waals surface area contributed by atoms with Crippen molar-refractivity contribution in [3.8, 4) is 0 Å². The van der Waals surface area contributed by atoms with E-state index < -0.39 is 5.60 Å². The Bertz CT molecular complexity index is 850. The molecule has 0 fully saturated rings. The maximum atomic E-state index is 11.3. The predicted molar refractivity (Wildman–Crippen MR) is 116 cm³/mol. The molecule has 3 atom stereocenters. The molecule has 1 aliphatic carbocycles. The highest BCUT2D eigenvalue weighted by Gasteiger charge is 2.39. The van der Waals surface area contributed by atoms with Crippen molar-refractivity contribution >= 4 is 5.71 Å². The highest BCUT2D eigenvalue weighted by Crippen LogP contribution is 2.40. The molecule has 28 heavy (non-hydrogen) atoms. The van der Waals surface area contributed by atoms with Gasteiger partial charge in [-0.3, -0.25) is 5.41 Å². The van der Waals surface area contributed by atoms with Crippen LogP contribution in [0, 0.1) is 24.2 Å². The van der Waals surface area contributed by atoms with Gasteiger partial charge in [-0.1, -0.05) is 67.1 Å². The van der Waals surface area contributed by atoms with Gasteiger partial charge in [0.15, 0.2) is 0 Å². The molecule has 4 N–H and O–H groups in total. The lowest BCUT2D eigenvalue weighted by Crippen LogP contribution is -2.42. The van der Waals surface area contributed by atoms with Crippen molar-refractivity contribution in [2.24, 2.45) is 17.6 Å². The van der Waals surface area contributed by atoms with Crippen LogP contribution in [0.25, 0.3) is 0 Å². The van der Waals surface area contributed by atoms with E-state index in [0.717, 1.165) is 30.4 Å². The van der Waals surface area contributed by atoms with Gasteiger partial charge in [0.1, 0.15) is 0 Å². The van der Waals surface area contributed by atoms with Gasteiger partial charge in [-0.05, 0) is 62.1 Å². The van der Waals surface area contributed by atoms with E-state index in [0.29, 0.717) is 17.8 Å². The van der Waals surface area contributed by atoms with Gasteiger partial charge in [0.25, 0.3) is 0 Å². The second kappa shape index (κ2) is 8.32. The number of aliphatic hydroxyl groups is 1. The van der Waals surface area contributed by atoms with Crippen LogP contribution < -0.4 is 5.73 Å². The topological polar surface area (TPSA) is 70.1 Å². The maximum absolute atomic E-state index is 11.3. The lowest BCUT2D eigenvalue weighted by atomic mass is 9.70. The Morgan fingerprint density at radius 2 is 1.75 bits per heavy atom. The molecule has 0 heterocycles. The van der Waals surface area contributed by atoms with Gasteiger partial charge in [0.2, 0.25) is 0 Å². The summed E-state index contributed by atoms with van der Waals surface area (Å²) in [5.74, 6) is 0.116. The molecule has 0 radical (unpaired) electrons. The molecule has 3 nitrogen and oxygen atoms in total. The molecule has 3 rings (SSSR count). The number of benzene rings is 2. The summed E-state index contributed by atoms with van der Waals surface area (Å²) >= 11 is 0. The summed E-state index contributed by atoms with van der Waals surface area (Å²) in [6.07, 6.45) is 3.27. The lowest BCUT2D eigenvalue weighted by Gasteiger charge is -2.39. The van der Waals surface area contributed by atoms with Gasteiger partial charge in [0, 0.05) is 11.6 Å². The average molecular weight is 377 g/mol. The molecule has 0 saturated heterocycles. The van der Waals surface area contributed by atoms with Crippen LogP contribution in [0.15, 0.2) is 65.9 Å². The molecule has 0 amide bonds. The van der Waals surface area contributed by atoms with Crippen LogP contribution in [-0.2, 0) is 6.42 Å². The normalized spacial score (nSPS) is 22.0. The standard InChI is InChI=1S/C25H32N2O/c1-17-9-12-19(13-10-17)15-16-25(3,28)21-14-11-18(2)22(24(21)27)23(26)20-7-5-4-6-8-20/h4-10,12-13,18,21,26,28H,11,14-16,27H2,1-3H3. The van der Waals surface area contributed by atoms with Gasteiger partial charge >= 0.3 is 0 Å². The van der Waals surface area contributed by atoms with Crippen LogP contribution >= 0.6 is 0 Å². The molecule has 148 valence electrons. The third-order valence-corrected chi connectivity index (χ3v) is 6.19. The number of hydrogen-bond donors (Lipinski definition) is 3. The van der Waals surface area contributed by atoms with Crippen LogP contribution in [0.3, 0.4) is 0 Å². The molecule has 3 unspecified atom stereocenters. The molecule has 3 heteroatoms. The molecule has 0 spiro atoms. The van der Waals surface area contributed by atoms with Crippen molar-refractivity contribution in [2.45, 2.75) is 52.1 Å². The molecular formula is C25H32N2O. The fourth-order valence-corrected chi connectivity index (χ4v) is 4.31. The Labute approximate surface area is 168 Å². The van der Waals surface area contributed by atoms with E-state index in [-0.39, 0.29) is 11.8 Å². The molecule has 0 saturated carbocycles. The first-order chi connectivity index (χ1) is 13.3. The van der Waals surface area contributed by atoms with Gasteiger partial charge in [0.05, 0.1) is 11.3 Å². The largest absolute Gasteiger partial charge is 0.401 e. The van der Waals surface area contributed by atoms with E-state index in [1.54, 1.807) is 0 Å². The van der Waals surface area contributed by atoms with Crippen LogP contribution in [0.5, 0.6) is 0 Å². The zero-order valence-electron chi connectivity index (χ0n) is 17.2. The number of nitrogens with one attached hydrogen (secondary N) is 1. The van der Waals surface area contributed by atoms with Gasteiger partial charge in [-0.25, -0.2) is 0 Å². The van der Waals surface area contributed by atoms with Crippen LogP contribution in [-0.4, -0.2) is 16.4 Å². The highest BCUT2D eigenvalue weighted by atomic mass is 16.3. The average Bonchev–Trinajstić information content (AvgIpc) is 2.68. The molecule has 2 aromatic rings. The number of rotatable bonds is 6. The van der Waals surface area contributed by atoms with E-state index in [9.17, 15) is 5.11 Å². The first-order valence-electron chi connectivity index (χ1n) is 10.2. The van der Waals surface area contributed by atoms with Crippen LogP contribution in [0.2, 0.25) is 0 Å². The second-order valence-corrected chi connectivity index (χ2v) is 8.48. The summed E-state index contributed by atoms with van der Waals surface area (Å²) < 4.78 is 0. The van der Waals surface area contributed by atoms with Crippen molar-refractivity contribution in [1.82, 2.24) is 0 Å². The number of nitrogens with two attached hydrogens (primary N) is 1. The minimum absolute atomic E-state index is 0.117. The van der Waals surface area contributed by atoms with E-state index in [4.69, 9.17) is 11.1 Å². The summed E-state index contributed by atoms with van der Waals surface area (Å²) in [7, 11) is 0. The molecular weight excluding hydrogens is 344 g/mol. The third-order valence-electron chi connectivity index (χ3n) is 6.19. The van der Waals surface area contributed by atoms with E-state index in [1.807, 2.05) is 37.3 Å². The molecule has 0 aliphatic heterocycles. The number of allylic oxidation sites excluding steroid dienone is 1. The van der Waals surface area contributed by atoms with E-state index >= 15 is 0 Å². The minimum atomic E-state index is -0.892. The van der Waals surface area contributed by atoms with Crippen molar-refractivity contribution < 1.29 is 5.11 Å². The van der Waals surface area contributed by atoms with E-state index in [1.165, 1.54) is 11.1 Å². The minimum Gasteiger partial charge on any atom is -0.401 e. The molecule has 0 aromatic heterocycles. The Morgan fingerprint density at radius 3 is 2.39 bits per heavy atom. The summed E-state index contributed by atoms with van der Waals surface area (Å²) in [4.78, 5) is 0. The quantitative estimate of drug-likeness (QED) is 0.621. The first kappa shape index (κ1) is 20.3. The monoisotopic (exact) mass is 376 g/mol. The second-order valence-electron chi connectivity index (χ2n) is 8.48. The highest BCUT2D eigenvalue weighted by molar-refractivity contribution is 6.11. The van der Waals surface area contributed by atoms with Crippen LogP contribution in [0.1, 0.15) is 49.8 Å². The first-order valence-corrected chi connectivity index (χ1v) is 10.2. The smallest absolute Gasteiger partial charge is 0.0705 e. The lowest BCUT2D eigenvalue weighted by molar-refractivity contribution is -0.00255. The van der Waals surface area contributed by atoms with Gasteiger partial charge in [-0.2, -0.15) is 0 Å². The Hall–Kier alpha value is -2.39. The summed E-state index contributed by atoms with van der Waals surface area (Å²) in [5.41, 5.74) is 11.2. The molecule has 0 bridgehead atoms. The Kier molecular flexibility index (Phi) is 6.04. The van der Waals surface area contributed by atoms with Gasteiger partial charge in [-0.15, -0.1) is 0 Å². The van der Waals surface area contributed by atoms with Crippen LogP contribution in [0.4, 0.5) is 0 Å². The molecule has 1 aliphatic rings. The predicted octanol–water partition coefficient (Wildman–Crippen LogP) is 5.01. The van der Waals surface area contributed by atoms with Crippen molar-refractivity contribution in [1.29, 1.82) is 5.41 Å². The SMILES string of the molecule is Cc1ccc(CCC(C)(O)C2CCC(C)C(C(=N)c3ccccc3)=C2N)cc1. The zero-order chi connectivity index (χ0) is 20.3.